The Morgan fingerprint density at radius 2 is 1.12 bits per heavy atom. The number of carbonyl (C=O) groups is 2. The first-order valence-corrected chi connectivity index (χ1v) is 15.2. The van der Waals surface area contributed by atoms with Gasteiger partial charge in [0.25, 0.3) is 5.91 Å². The maximum absolute atomic E-state index is 15.0. The number of rotatable bonds is 10. The average Bonchev–Trinajstić information content (AvgIpc) is 3.05. The Kier molecular flexibility index (Phi) is 8.57. The van der Waals surface area contributed by atoms with E-state index >= 15 is 0 Å². The van der Waals surface area contributed by atoms with Crippen molar-refractivity contribution >= 4 is 29.4 Å². The third-order valence-corrected chi connectivity index (χ3v) is 9.98. The first kappa shape index (κ1) is 27.8. The van der Waals surface area contributed by atoms with Crippen LogP contribution in [0.1, 0.15) is 31.8 Å². The number of benzene rings is 5. The fraction of sp³-hybridized carbons (Fsp3) is 0.0857. The third kappa shape index (κ3) is 6.21. The SMILES string of the molecule is COc1ccc(C(=O)c2ccccc2C(=O)N(Cc2ccccc2)CP(=O)(c2ccccc2)c2ccccc2)cc1. The minimum atomic E-state index is -3.29. The zero-order valence-electron chi connectivity index (χ0n) is 22.7. The number of amides is 1. The molecule has 0 aliphatic carbocycles. The highest BCUT2D eigenvalue weighted by Crippen LogP contribution is 2.44. The van der Waals surface area contributed by atoms with Crippen molar-refractivity contribution in [1.29, 1.82) is 0 Å². The molecular formula is C35H30NO4P. The summed E-state index contributed by atoms with van der Waals surface area (Å²) >= 11 is 0. The number of hydrogen-bond donors (Lipinski definition) is 0. The lowest BCUT2D eigenvalue weighted by molar-refractivity contribution is 0.0768. The molecule has 204 valence electrons. The molecule has 0 fully saturated rings. The standard InChI is InChI=1S/C35H30NO4P/c1-40-29-23-21-28(22-24-29)34(37)32-19-11-12-20-33(32)35(38)36(25-27-13-5-2-6-14-27)26-41(39,30-15-7-3-8-16-30)31-17-9-4-10-18-31/h2-24H,25-26H2,1H3. The van der Waals surface area contributed by atoms with Gasteiger partial charge in [-0.15, -0.1) is 0 Å². The van der Waals surface area contributed by atoms with Gasteiger partial charge in [-0.3, -0.25) is 9.59 Å². The van der Waals surface area contributed by atoms with Crippen LogP contribution in [0.25, 0.3) is 0 Å². The lowest BCUT2D eigenvalue weighted by atomic mass is 9.97. The van der Waals surface area contributed by atoms with Crippen molar-refractivity contribution in [3.63, 3.8) is 0 Å². The van der Waals surface area contributed by atoms with Crippen LogP contribution in [0.2, 0.25) is 0 Å². The molecule has 5 nitrogen and oxygen atoms in total. The predicted octanol–water partition coefficient (Wildman–Crippen LogP) is 6.54. The Labute approximate surface area is 240 Å². The van der Waals surface area contributed by atoms with Crippen molar-refractivity contribution < 1.29 is 18.9 Å². The molecule has 0 saturated carbocycles. The first-order valence-electron chi connectivity index (χ1n) is 13.3. The molecule has 0 spiro atoms. The fourth-order valence-electron chi connectivity index (χ4n) is 4.82. The van der Waals surface area contributed by atoms with Crippen LogP contribution in [0.15, 0.2) is 140 Å². The van der Waals surface area contributed by atoms with E-state index in [1.165, 1.54) is 0 Å². The fourth-order valence-corrected chi connectivity index (χ4v) is 7.46. The van der Waals surface area contributed by atoms with Crippen LogP contribution >= 0.6 is 7.14 Å². The van der Waals surface area contributed by atoms with E-state index in [0.717, 1.165) is 5.56 Å². The molecule has 0 saturated heterocycles. The normalized spacial score (nSPS) is 11.0. The Balaban J connectivity index is 1.58. The highest BCUT2D eigenvalue weighted by Gasteiger charge is 2.33. The zero-order valence-corrected chi connectivity index (χ0v) is 23.6. The van der Waals surface area contributed by atoms with E-state index in [1.807, 2.05) is 91.0 Å². The summed E-state index contributed by atoms with van der Waals surface area (Å²) in [4.78, 5) is 29.6. The van der Waals surface area contributed by atoms with Crippen molar-refractivity contribution in [2.75, 3.05) is 13.4 Å². The van der Waals surface area contributed by atoms with Gasteiger partial charge in [-0.2, -0.15) is 0 Å². The van der Waals surface area contributed by atoms with Gasteiger partial charge in [0.2, 0.25) is 0 Å². The smallest absolute Gasteiger partial charge is 0.255 e. The third-order valence-electron chi connectivity index (χ3n) is 6.97. The second-order valence-corrected chi connectivity index (χ2v) is 12.4. The van der Waals surface area contributed by atoms with Gasteiger partial charge >= 0.3 is 0 Å². The number of ether oxygens (including phenoxy) is 1. The first-order chi connectivity index (χ1) is 20.0. The second-order valence-electron chi connectivity index (χ2n) is 9.64. The predicted molar refractivity (Wildman–Crippen MR) is 164 cm³/mol. The minimum Gasteiger partial charge on any atom is -0.497 e. The Morgan fingerprint density at radius 3 is 1.66 bits per heavy atom. The summed E-state index contributed by atoms with van der Waals surface area (Å²) in [7, 11) is -1.73. The monoisotopic (exact) mass is 559 g/mol. The van der Waals surface area contributed by atoms with Crippen LogP contribution in [0.5, 0.6) is 5.75 Å². The van der Waals surface area contributed by atoms with Crippen LogP contribution in [-0.4, -0.2) is 30.0 Å². The highest BCUT2D eigenvalue weighted by molar-refractivity contribution is 7.78. The summed E-state index contributed by atoms with van der Waals surface area (Å²) in [5.74, 6) is 0.00138. The van der Waals surface area contributed by atoms with Gasteiger partial charge in [0.15, 0.2) is 12.9 Å². The molecule has 0 heterocycles. The maximum Gasteiger partial charge on any atom is 0.255 e. The Morgan fingerprint density at radius 1 is 0.634 bits per heavy atom. The largest absolute Gasteiger partial charge is 0.497 e. The summed E-state index contributed by atoms with van der Waals surface area (Å²) in [5.41, 5.74) is 1.89. The second kappa shape index (κ2) is 12.6. The molecule has 0 atom stereocenters. The van der Waals surface area contributed by atoms with Crippen LogP contribution in [0.3, 0.4) is 0 Å². The topological polar surface area (TPSA) is 63.7 Å². The van der Waals surface area contributed by atoms with Crippen molar-refractivity contribution in [3.8, 4) is 5.75 Å². The molecule has 41 heavy (non-hydrogen) atoms. The van der Waals surface area contributed by atoms with Crippen LogP contribution in [0.4, 0.5) is 0 Å². The van der Waals surface area contributed by atoms with E-state index in [0.29, 0.717) is 21.9 Å². The van der Waals surface area contributed by atoms with Crippen molar-refractivity contribution in [1.82, 2.24) is 4.90 Å². The average molecular weight is 560 g/mol. The summed E-state index contributed by atoms with van der Waals surface area (Å²) in [6, 6.07) is 41.8. The van der Waals surface area contributed by atoms with E-state index in [4.69, 9.17) is 4.74 Å². The molecule has 0 bridgehead atoms. The number of methoxy groups -OCH3 is 1. The van der Waals surface area contributed by atoms with Crippen molar-refractivity contribution in [2.24, 2.45) is 0 Å². The number of ketones is 1. The van der Waals surface area contributed by atoms with E-state index in [-0.39, 0.29) is 35.6 Å². The molecule has 0 aliphatic rings. The maximum atomic E-state index is 15.0. The van der Waals surface area contributed by atoms with Gasteiger partial charge in [0, 0.05) is 28.3 Å². The van der Waals surface area contributed by atoms with E-state index in [1.54, 1.807) is 60.5 Å². The summed E-state index contributed by atoms with van der Waals surface area (Å²) in [6.07, 6.45) is -0.0280. The molecule has 5 aromatic rings. The molecule has 0 unspecified atom stereocenters. The molecule has 0 aromatic heterocycles. The van der Waals surface area contributed by atoms with Gasteiger partial charge in [0.05, 0.1) is 19.0 Å². The zero-order chi connectivity index (χ0) is 28.7. The lowest BCUT2D eigenvalue weighted by Gasteiger charge is -2.29. The van der Waals surface area contributed by atoms with Crippen LogP contribution in [0, 0.1) is 0 Å². The number of carbonyl (C=O) groups excluding carboxylic acids is 2. The summed E-state index contributed by atoms with van der Waals surface area (Å²) in [5, 5.41) is 1.33. The molecule has 5 rings (SSSR count). The van der Waals surface area contributed by atoms with Gasteiger partial charge < -0.3 is 14.2 Å². The Bertz CT molecular complexity index is 1630. The lowest BCUT2D eigenvalue weighted by Crippen LogP contribution is -2.36. The molecule has 1 amide bonds. The van der Waals surface area contributed by atoms with Gasteiger partial charge in [-0.25, -0.2) is 0 Å². The molecular weight excluding hydrogens is 529 g/mol. The summed E-state index contributed by atoms with van der Waals surface area (Å²) in [6.45, 7) is 0.231. The highest BCUT2D eigenvalue weighted by atomic mass is 31.2. The van der Waals surface area contributed by atoms with E-state index in [9.17, 15) is 14.2 Å². The Hall–Kier alpha value is -4.73. The minimum absolute atomic E-state index is 0.0280. The van der Waals surface area contributed by atoms with Crippen LogP contribution < -0.4 is 15.3 Å². The van der Waals surface area contributed by atoms with E-state index in [2.05, 4.69) is 0 Å². The van der Waals surface area contributed by atoms with Crippen LogP contribution in [-0.2, 0) is 11.1 Å². The molecule has 0 N–H and O–H groups in total. The molecule has 5 aromatic carbocycles. The van der Waals surface area contributed by atoms with Crippen molar-refractivity contribution in [2.45, 2.75) is 6.54 Å². The number of nitrogens with zero attached hydrogens (tertiary/aromatic N) is 1. The summed E-state index contributed by atoms with van der Waals surface area (Å²) < 4.78 is 20.2. The van der Waals surface area contributed by atoms with Crippen molar-refractivity contribution in [3.05, 3.63) is 162 Å². The number of hydrogen-bond acceptors (Lipinski definition) is 4. The molecule has 6 heteroatoms. The van der Waals surface area contributed by atoms with Gasteiger partial charge in [-0.1, -0.05) is 109 Å². The molecule has 0 aliphatic heterocycles. The molecule has 0 radical (unpaired) electrons. The van der Waals surface area contributed by atoms with Gasteiger partial charge in [0.1, 0.15) is 5.75 Å². The quantitative estimate of drug-likeness (QED) is 0.144. The van der Waals surface area contributed by atoms with E-state index < -0.39 is 7.14 Å². The van der Waals surface area contributed by atoms with Gasteiger partial charge in [-0.05, 0) is 35.9 Å².